The maximum absolute atomic E-state index is 11.7. The van der Waals surface area contributed by atoms with Crippen molar-refractivity contribution in [2.75, 3.05) is 30.3 Å². The van der Waals surface area contributed by atoms with Crippen molar-refractivity contribution < 1.29 is 9.59 Å². The lowest BCUT2D eigenvalue weighted by Crippen LogP contribution is -2.34. The first-order valence-electron chi connectivity index (χ1n) is 6.20. The van der Waals surface area contributed by atoms with E-state index in [1.807, 2.05) is 13.8 Å². The first-order chi connectivity index (χ1) is 8.99. The highest BCUT2D eigenvalue weighted by atomic mass is 16.2. The molecule has 6 nitrogen and oxygen atoms in total. The second kappa shape index (κ2) is 6.63. The molecule has 2 amide bonds. The van der Waals surface area contributed by atoms with E-state index < -0.39 is 5.91 Å². The van der Waals surface area contributed by atoms with Crippen LogP contribution in [-0.2, 0) is 4.79 Å². The molecule has 19 heavy (non-hydrogen) atoms. The van der Waals surface area contributed by atoms with Crippen LogP contribution >= 0.6 is 0 Å². The summed E-state index contributed by atoms with van der Waals surface area (Å²) in [5, 5.41) is 2.70. The number of amides is 2. The Balaban J connectivity index is 2.98. The van der Waals surface area contributed by atoms with Crippen LogP contribution in [0.5, 0.6) is 0 Å². The minimum absolute atomic E-state index is 0.0984. The van der Waals surface area contributed by atoms with E-state index in [0.29, 0.717) is 30.0 Å². The normalized spacial score (nSPS) is 10.0. The molecule has 104 valence electrons. The van der Waals surface area contributed by atoms with Crippen LogP contribution in [0.2, 0.25) is 0 Å². The Hall–Kier alpha value is -2.24. The quantitative estimate of drug-likeness (QED) is 0.644. The lowest BCUT2D eigenvalue weighted by molar-refractivity contribution is -0.116. The van der Waals surface area contributed by atoms with Crippen molar-refractivity contribution in [3.05, 3.63) is 23.8 Å². The number of nitrogens with zero attached hydrogens (tertiary/aromatic N) is 1. The molecule has 0 atom stereocenters. The summed E-state index contributed by atoms with van der Waals surface area (Å²) in [5.74, 6) is -0.590. The molecule has 0 fully saturated rings. The number of hydrogen-bond donors (Lipinski definition) is 3. The molecule has 1 aromatic carbocycles. The summed E-state index contributed by atoms with van der Waals surface area (Å²) < 4.78 is 0. The topological polar surface area (TPSA) is 101 Å². The van der Waals surface area contributed by atoms with E-state index in [-0.39, 0.29) is 12.5 Å². The Bertz CT molecular complexity index is 474. The van der Waals surface area contributed by atoms with Gasteiger partial charge >= 0.3 is 0 Å². The number of likely N-dealkylation sites (N-methyl/N-ethyl adjacent to an activating group) is 1. The first kappa shape index (κ1) is 14.8. The van der Waals surface area contributed by atoms with Gasteiger partial charge in [0.15, 0.2) is 0 Å². The van der Waals surface area contributed by atoms with Gasteiger partial charge in [0, 0.05) is 18.7 Å². The summed E-state index contributed by atoms with van der Waals surface area (Å²) in [5.41, 5.74) is 12.8. The summed E-state index contributed by atoms with van der Waals surface area (Å²) in [4.78, 5) is 24.4. The third-order valence-electron chi connectivity index (χ3n) is 2.70. The minimum Gasteiger partial charge on any atom is -0.397 e. The summed E-state index contributed by atoms with van der Waals surface area (Å²) in [6.45, 7) is 5.01. The number of primary amides is 1. The zero-order valence-electron chi connectivity index (χ0n) is 11.3. The maximum Gasteiger partial charge on any atom is 0.251 e. The third kappa shape index (κ3) is 3.87. The van der Waals surface area contributed by atoms with Crippen molar-refractivity contribution in [3.63, 3.8) is 0 Å². The fourth-order valence-corrected chi connectivity index (χ4v) is 1.80. The van der Waals surface area contributed by atoms with Crippen LogP contribution in [0.25, 0.3) is 0 Å². The smallest absolute Gasteiger partial charge is 0.251 e. The van der Waals surface area contributed by atoms with E-state index in [4.69, 9.17) is 11.5 Å². The number of nitrogen functional groups attached to an aromatic ring is 1. The molecular weight excluding hydrogens is 244 g/mol. The zero-order chi connectivity index (χ0) is 14.4. The second-order valence-corrected chi connectivity index (χ2v) is 4.11. The molecule has 0 spiro atoms. The molecular formula is C13H20N4O2. The average Bonchev–Trinajstić information content (AvgIpc) is 2.36. The number of hydrogen-bond acceptors (Lipinski definition) is 4. The molecule has 0 aromatic heterocycles. The first-order valence-corrected chi connectivity index (χ1v) is 6.20. The molecule has 0 aliphatic rings. The van der Waals surface area contributed by atoms with Crippen molar-refractivity contribution in [1.82, 2.24) is 5.32 Å². The van der Waals surface area contributed by atoms with Crippen LogP contribution in [0.4, 0.5) is 11.4 Å². The summed E-state index contributed by atoms with van der Waals surface area (Å²) >= 11 is 0. The lowest BCUT2D eigenvalue weighted by atomic mass is 10.1. The summed E-state index contributed by atoms with van der Waals surface area (Å²) in [7, 11) is 0. The van der Waals surface area contributed by atoms with Crippen molar-refractivity contribution in [3.8, 4) is 0 Å². The van der Waals surface area contributed by atoms with Gasteiger partial charge in [-0.05, 0) is 32.0 Å². The lowest BCUT2D eigenvalue weighted by Gasteiger charge is -2.23. The largest absolute Gasteiger partial charge is 0.397 e. The molecule has 0 bridgehead atoms. The van der Waals surface area contributed by atoms with Gasteiger partial charge in [-0.3, -0.25) is 9.59 Å². The maximum atomic E-state index is 11.7. The predicted molar refractivity (Wildman–Crippen MR) is 75.9 cm³/mol. The molecule has 1 aromatic rings. The van der Waals surface area contributed by atoms with Crippen LogP contribution in [-0.4, -0.2) is 31.4 Å². The highest BCUT2D eigenvalue weighted by Crippen LogP contribution is 2.24. The predicted octanol–water partition coefficient (Wildman–Crippen LogP) is 0.330. The SMILES string of the molecule is CCNC(=O)c1ccc(N(CC)CC(N)=O)c(N)c1. The van der Waals surface area contributed by atoms with Crippen molar-refractivity contribution in [1.29, 1.82) is 0 Å². The van der Waals surface area contributed by atoms with E-state index in [2.05, 4.69) is 5.32 Å². The number of carbonyl (C=O) groups excluding carboxylic acids is 2. The Morgan fingerprint density at radius 3 is 2.47 bits per heavy atom. The Morgan fingerprint density at radius 2 is 2.00 bits per heavy atom. The van der Waals surface area contributed by atoms with Crippen molar-refractivity contribution in [2.45, 2.75) is 13.8 Å². The molecule has 0 unspecified atom stereocenters. The molecule has 0 saturated carbocycles. The van der Waals surface area contributed by atoms with E-state index in [1.54, 1.807) is 23.1 Å². The second-order valence-electron chi connectivity index (χ2n) is 4.11. The van der Waals surface area contributed by atoms with E-state index in [1.165, 1.54) is 0 Å². The number of nitrogens with one attached hydrogen (secondary N) is 1. The van der Waals surface area contributed by atoms with Crippen LogP contribution in [0.3, 0.4) is 0 Å². The monoisotopic (exact) mass is 264 g/mol. The van der Waals surface area contributed by atoms with Crippen molar-refractivity contribution >= 4 is 23.2 Å². The minimum atomic E-state index is -0.422. The third-order valence-corrected chi connectivity index (χ3v) is 2.70. The molecule has 0 radical (unpaired) electrons. The number of carbonyl (C=O) groups is 2. The van der Waals surface area contributed by atoms with E-state index in [0.717, 1.165) is 0 Å². The standard InChI is InChI=1S/C13H20N4O2/c1-3-16-13(19)9-5-6-11(10(14)7-9)17(4-2)8-12(15)18/h5-7H,3-4,8,14H2,1-2H3,(H2,15,18)(H,16,19). The number of benzene rings is 1. The van der Waals surface area contributed by atoms with E-state index in [9.17, 15) is 9.59 Å². The molecule has 0 heterocycles. The number of anilines is 2. The highest BCUT2D eigenvalue weighted by molar-refractivity contribution is 5.96. The zero-order valence-corrected chi connectivity index (χ0v) is 11.3. The molecule has 5 N–H and O–H groups in total. The average molecular weight is 264 g/mol. The van der Waals surface area contributed by atoms with Gasteiger partial charge in [-0.25, -0.2) is 0 Å². The number of nitrogens with two attached hydrogens (primary N) is 2. The van der Waals surface area contributed by atoms with Gasteiger partial charge in [-0.2, -0.15) is 0 Å². The Morgan fingerprint density at radius 1 is 1.32 bits per heavy atom. The summed E-state index contributed by atoms with van der Waals surface area (Å²) in [6.07, 6.45) is 0. The van der Waals surface area contributed by atoms with Gasteiger partial charge in [0.25, 0.3) is 5.91 Å². The van der Waals surface area contributed by atoms with E-state index >= 15 is 0 Å². The fraction of sp³-hybridized carbons (Fsp3) is 0.385. The van der Waals surface area contributed by atoms with Gasteiger partial charge in [0.1, 0.15) is 0 Å². The van der Waals surface area contributed by atoms with Gasteiger partial charge in [-0.1, -0.05) is 0 Å². The Kier molecular flexibility index (Phi) is 5.17. The Labute approximate surface area is 112 Å². The fourth-order valence-electron chi connectivity index (χ4n) is 1.80. The number of rotatable bonds is 6. The summed E-state index contributed by atoms with van der Waals surface area (Å²) in [6, 6.07) is 5.01. The van der Waals surface area contributed by atoms with Gasteiger partial charge in [-0.15, -0.1) is 0 Å². The van der Waals surface area contributed by atoms with Gasteiger partial charge < -0.3 is 21.7 Å². The van der Waals surface area contributed by atoms with Crippen LogP contribution in [0.1, 0.15) is 24.2 Å². The highest BCUT2D eigenvalue weighted by Gasteiger charge is 2.13. The molecule has 6 heteroatoms. The molecule has 0 aliphatic carbocycles. The van der Waals surface area contributed by atoms with Crippen LogP contribution < -0.4 is 21.7 Å². The van der Waals surface area contributed by atoms with Crippen LogP contribution in [0.15, 0.2) is 18.2 Å². The van der Waals surface area contributed by atoms with Crippen LogP contribution in [0, 0.1) is 0 Å². The van der Waals surface area contributed by atoms with Gasteiger partial charge in [0.2, 0.25) is 5.91 Å². The molecule has 0 aliphatic heterocycles. The molecule has 1 rings (SSSR count). The van der Waals surface area contributed by atoms with Gasteiger partial charge in [0.05, 0.1) is 17.9 Å². The van der Waals surface area contributed by atoms with Crippen molar-refractivity contribution in [2.24, 2.45) is 5.73 Å². The molecule has 0 saturated heterocycles.